The van der Waals surface area contributed by atoms with Crippen LogP contribution in [0, 0.1) is 6.85 Å². The molecule has 2 aliphatic carbocycles. The van der Waals surface area contributed by atoms with Crippen LogP contribution in [0.2, 0.25) is 0 Å². The second-order valence-corrected chi connectivity index (χ2v) is 24.6. The Morgan fingerprint density at radius 1 is 0.469 bits per heavy atom. The van der Waals surface area contributed by atoms with E-state index in [1.165, 1.54) is 44.3 Å². The lowest BCUT2D eigenvalue weighted by atomic mass is 9.33. The van der Waals surface area contributed by atoms with E-state index < -0.39 is 6.85 Å². The Labute approximate surface area is 390 Å². The average molecular weight is 846 g/mol. The van der Waals surface area contributed by atoms with E-state index in [2.05, 4.69) is 204 Å². The third-order valence-corrected chi connectivity index (χ3v) is 16.2. The summed E-state index contributed by atoms with van der Waals surface area (Å²) in [6, 6.07) is 41.2. The summed E-state index contributed by atoms with van der Waals surface area (Å²) in [5.74, 6) is 0. The highest BCUT2D eigenvalue weighted by atomic mass is 15.2. The summed E-state index contributed by atoms with van der Waals surface area (Å²) in [7, 11) is 0. The highest BCUT2D eigenvalue weighted by Crippen LogP contribution is 2.53. The van der Waals surface area contributed by atoms with E-state index in [4.69, 9.17) is 0 Å². The van der Waals surface area contributed by atoms with E-state index in [1.54, 1.807) is 0 Å². The number of hydrogen-bond donors (Lipinski definition) is 0. The second-order valence-electron chi connectivity index (χ2n) is 24.6. The van der Waals surface area contributed by atoms with Crippen LogP contribution in [0.5, 0.6) is 0 Å². The number of fused-ring (bicyclic) bond motifs is 6. The van der Waals surface area contributed by atoms with Gasteiger partial charge in [-0.2, -0.15) is 0 Å². The third kappa shape index (κ3) is 6.64. The Bertz CT molecular complexity index is 2990. The van der Waals surface area contributed by atoms with Crippen LogP contribution < -0.4 is 26.2 Å². The van der Waals surface area contributed by atoms with Crippen molar-refractivity contribution in [1.29, 1.82) is 0 Å². The number of rotatable bonds is 3. The summed E-state index contributed by atoms with van der Waals surface area (Å²) in [5.41, 5.74) is 20.4. The molecule has 0 saturated carbocycles. The maximum atomic E-state index is 9.19. The van der Waals surface area contributed by atoms with Gasteiger partial charge in [-0.05, 0) is 174 Å². The van der Waals surface area contributed by atoms with Crippen molar-refractivity contribution in [2.45, 2.75) is 162 Å². The maximum Gasteiger partial charge on any atom is 0.252 e. The van der Waals surface area contributed by atoms with Gasteiger partial charge in [-0.1, -0.05) is 158 Å². The number of aryl methyl sites for hydroxylation is 1. The molecule has 6 aromatic rings. The normalized spacial score (nSPS) is 19.6. The van der Waals surface area contributed by atoms with Gasteiger partial charge in [0, 0.05) is 38.1 Å². The Hall–Kier alpha value is -5.02. The van der Waals surface area contributed by atoms with Crippen molar-refractivity contribution in [3.63, 3.8) is 0 Å². The molecule has 2 aliphatic heterocycles. The molecule has 0 bridgehead atoms. The zero-order chi connectivity index (χ0) is 48.2. The zero-order valence-electron chi connectivity index (χ0n) is 44.2. The van der Waals surface area contributed by atoms with Gasteiger partial charge in [-0.15, -0.1) is 0 Å². The molecule has 0 N–H and O–H groups in total. The molecule has 0 atom stereocenters. The first-order valence-corrected chi connectivity index (χ1v) is 24.1. The molecule has 0 spiro atoms. The van der Waals surface area contributed by atoms with Gasteiger partial charge in [0.1, 0.15) is 0 Å². The smallest absolute Gasteiger partial charge is 0.252 e. The van der Waals surface area contributed by atoms with Crippen molar-refractivity contribution in [3.05, 3.63) is 148 Å². The maximum absolute atomic E-state index is 9.19. The first-order chi connectivity index (χ1) is 31.1. The minimum Gasteiger partial charge on any atom is -0.311 e. The predicted molar refractivity (Wildman–Crippen MR) is 279 cm³/mol. The predicted octanol–water partition coefficient (Wildman–Crippen LogP) is 15.0. The lowest BCUT2D eigenvalue weighted by molar-refractivity contribution is 0.332. The zero-order valence-corrected chi connectivity index (χ0v) is 41.2. The summed E-state index contributed by atoms with van der Waals surface area (Å²) in [6.07, 6.45) is 4.47. The van der Waals surface area contributed by atoms with Crippen LogP contribution in [0.15, 0.2) is 109 Å². The molecule has 0 radical (unpaired) electrons. The Morgan fingerprint density at radius 2 is 1.00 bits per heavy atom. The van der Waals surface area contributed by atoms with Crippen LogP contribution in [-0.2, 0) is 32.5 Å². The van der Waals surface area contributed by atoms with E-state index in [-0.39, 0.29) is 39.2 Å². The number of hydrogen-bond acceptors (Lipinski definition) is 2. The monoisotopic (exact) mass is 846 g/mol. The Morgan fingerprint density at radius 3 is 1.61 bits per heavy atom. The molecular weight excluding hydrogens is 771 g/mol. The molecule has 6 aromatic carbocycles. The number of nitrogens with zero attached hydrogens (tertiary/aromatic N) is 2. The molecule has 0 aromatic heterocycles. The molecule has 4 aliphatic rings. The van der Waals surface area contributed by atoms with Crippen molar-refractivity contribution in [1.82, 2.24) is 0 Å². The topological polar surface area (TPSA) is 6.48 Å². The van der Waals surface area contributed by atoms with Crippen LogP contribution in [0.25, 0.3) is 11.1 Å². The largest absolute Gasteiger partial charge is 0.311 e. The van der Waals surface area contributed by atoms with Crippen LogP contribution in [0.3, 0.4) is 0 Å². The van der Waals surface area contributed by atoms with Gasteiger partial charge in [0.05, 0.1) is 5.69 Å². The molecular formula is C61H71BN2. The summed E-state index contributed by atoms with van der Waals surface area (Å²) in [4.78, 5) is 4.92. The van der Waals surface area contributed by atoms with Crippen LogP contribution in [0.1, 0.15) is 166 Å². The fourth-order valence-electron chi connectivity index (χ4n) is 11.8. The molecule has 2 heterocycles. The van der Waals surface area contributed by atoms with Gasteiger partial charge in [-0.25, -0.2) is 0 Å². The lowest BCUT2D eigenvalue weighted by Crippen LogP contribution is -2.62. The molecule has 2 nitrogen and oxygen atoms in total. The Kier molecular flexibility index (Phi) is 8.61. The Balaban J connectivity index is 1.37. The summed E-state index contributed by atoms with van der Waals surface area (Å²) in [6.45, 7) is 30.5. The first-order valence-electron chi connectivity index (χ1n) is 25.6. The van der Waals surface area contributed by atoms with Crippen molar-refractivity contribution in [2.24, 2.45) is 0 Å². The number of anilines is 6. The molecule has 3 heteroatoms. The highest BCUT2D eigenvalue weighted by molar-refractivity contribution is 7.00. The van der Waals surface area contributed by atoms with Crippen LogP contribution >= 0.6 is 0 Å². The molecule has 0 unspecified atom stereocenters. The highest BCUT2D eigenvalue weighted by Gasteiger charge is 2.47. The SMILES string of the molecule is [2H]C([2H])([2H])c1cc2c3c(c1)N(c1ccc(C(C)(C)C)cc1-c1ccccc1)c1cc(C(C)(C)C)ccc1B3c1cc3c(cc1N2c1ccc2c(c1)C(C)(C)CCC2(C)C)C(C)(C)CCC3(C)C. The first kappa shape index (κ1) is 39.4. The van der Waals surface area contributed by atoms with Crippen molar-refractivity contribution >= 4 is 57.2 Å². The van der Waals surface area contributed by atoms with Gasteiger partial charge >= 0.3 is 0 Å². The molecule has 10 rings (SSSR count). The molecule has 0 saturated heterocycles. The van der Waals surface area contributed by atoms with Crippen molar-refractivity contribution in [2.75, 3.05) is 9.80 Å². The average Bonchev–Trinajstić information content (AvgIpc) is 3.25. The quantitative estimate of drug-likeness (QED) is 0.164. The second kappa shape index (κ2) is 14.0. The van der Waals surface area contributed by atoms with E-state index in [9.17, 15) is 4.11 Å². The van der Waals surface area contributed by atoms with Crippen molar-refractivity contribution < 1.29 is 4.11 Å². The minimum absolute atomic E-state index is 0.0145. The summed E-state index contributed by atoms with van der Waals surface area (Å²) in [5, 5.41) is 0. The van der Waals surface area contributed by atoms with Gasteiger partial charge in [0.15, 0.2) is 0 Å². The summed E-state index contributed by atoms with van der Waals surface area (Å²) >= 11 is 0. The third-order valence-electron chi connectivity index (χ3n) is 16.2. The van der Waals surface area contributed by atoms with E-state index in [0.717, 1.165) is 76.4 Å². The van der Waals surface area contributed by atoms with Gasteiger partial charge in [0.2, 0.25) is 0 Å². The van der Waals surface area contributed by atoms with Gasteiger partial charge in [-0.3, -0.25) is 0 Å². The van der Waals surface area contributed by atoms with E-state index >= 15 is 0 Å². The fraction of sp³-hybridized carbons (Fsp3) is 0.410. The lowest BCUT2D eigenvalue weighted by Gasteiger charge is -2.48. The molecule has 0 fully saturated rings. The summed E-state index contributed by atoms with van der Waals surface area (Å²) < 4.78 is 27.6. The van der Waals surface area contributed by atoms with Crippen molar-refractivity contribution in [3.8, 4) is 11.1 Å². The van der Waals surface area contributed by atoms with Gasteiger partial charge in [0.25, 0.3) is 6.71 Å². The fourth-order valence-corrected chi connectivity index (χ4v) is 11.8. The molecule has 0 amide bonds. The van der Waals surface area contributed by atoms with E-state index in [0.29, 0.717) is 5.56 Å². The molecule has 64 heavy (non-hydrogen) atoms. The molecule has 328 valence electrons. The van der Waals surface area contributed by atoms with Crippen LogP contribution in [0.4, 0.5) is 34.1 Å². The minimum atomic E-state index is -2.37. The standard InChI is InChI=1S/C61H71BN2/c1-38-31-53-55-54(32-38)64(50-26-22-40(56(2,3)4)33-43(50)39-19-17-16-18-20-39)51-34-41(57(5,6)7)21-25-48(51)62(55)49-36-46-47(61(14,15)30-29-60(46,12)13)37-52(49)63(53)42-23-24-44-45(35-42)59(10,11)28-27-58(44,8)9/h16-26,31-37H,27-30H2,1-15H3/i1D3. The van der Waals surface area contributed by atoms with E-state index in [1.807, 2.05) is 12.1 Å². The van der Waals surface area contributed by atoms with Crippen LogP contribution in [-0.4, -0.2) is 6.71 Å². The van der Waals surface area contributed by atoms with Gasteiger partial charge < -0.3 is 9.80 Å². The number of benzene rings is 6.